The van der Waals surface area contributed by atoms with Crippen LogP contribution in [0.3, 0.4) is 0 Å². The molecule has 0 atom stereocenters. The minimum atomic E-state index is -1.11. The van der Waals surface area contributed by atoms with Crippen molar-refractivity contribution in [3.8, 4) is 11.8 Å². The molecule has 0 bridgehead atoms. The standard InChI is InChI=1S/C15H16ClNO4/c1-15(2,3)21-14(20)17-8-4-5-10-6-7-11(16)9-12(10)13(18)19/h6-7,9H,8H2,1-3H3,(H,17,20)(H,18,19). The molecule has 21 heavy (non-hydrogen) atoms. The monoisotopic (exact) mass is 309 g/mol. The molecule has 2 N–H and O–H groups in total. The Morgan fingerprint density at radius 2 is 2.05 bits per heavy atom. The number of amides is 1. The molecule has 0 aliphatic heterocycles. The number of hydrogen-bond donors (Lipinski definition) is 2. The van der Waals surface area contributed by atoms with Crippen LogP contribution in [0.2, 0.25) is 5.02 Å². The number of rotatable bonds is 2. The second-order valence-electron chi connectivity index (χ2n) is 5.15. The van der Waals surface area contributed by atoms with Crippen molar-refractivity contribution in [3.05, 3.63) is 34.3 Å². The first-order chi connectivity index (χ1) is 9.69. The van der Waals surface area contributed by atoms with Gasteiger partial charge in [0.1, 0.15) is 5.60 Å². The second kappa shape index (κ2) is 7.00. The number of carbonyl (C=O) groups is 2. The largest absolute Gasteiger partial charge is 0.478 e. The number of ether oxygens (including phenoxy) is 1. The van der Waals surface area contributed by atoms with Crippen molar-refractivity contribution in [2.45, 2.75) is 26.4 Å². The minimum absolute atomic E-state index is 0.0206. The zero-order valence-electron chi connectivity index (χ0n) is 12.0. The third-order valence-corrected chi connectivity index (χ3v) is 2.39. The van der Waals surface area contributed by atoms with Gasteiger partial charge in [-0.05, 0) is 39.0 Å². The second-order valence-corrected chi connectivity index (χ2v) is 5.59. The third-order valence-electron chi connectivity index (χ3n) is 2.16. The van der Waals surface area contributed by atoms with E-state index in [-0.39, 0.29) is 12.1 Å². The summed E-state index contributed by atoms with van der Waals surface area (Å²) >= 11 is 5.74. The molecule has 6 heteroatoms. The fraction of sp³-hybridized carbons (Fsp3) is 0.333. The molecule has 1 rings (SSSR count). The molecule has 0 unspecified atom stereocenters. The van der Waals surface area contributed by atoms with Crippen LogP contribution in [-0.2, 0) is 4.74 Å². The molecule has 1 aromatic rings. The maximum absolute atomic E-state index is 11.4. The van der Waals surface area contributed by atoms with E-state index in [0.717, 1.165) is 0 Å². The number of alkyl carbamates (subject to hydrolysis) is 1. The lowest BCUT2D eigenvalue weighted by Crippen LogP contribution is -2.32. The van der Waals surface area contributed by atoms with Gasteiger partial charge in [0.2, 0.25) is 0 Å². The smallest absolute Gasteiger partial charge is 0.408 e. The molecule has 5 nitrogen and oxygen atoms in total. The average molecular weight is 310 g/mol. The number of halogens is 1. The lowest BCUT2D eigenvalue weighted by atomic mass is 10.1. The molecule has 0 heterocycles. The molecule has 0 radical (unpaired) electrons. The molecule has 0 spiro atoms. The van der Waals surface area contributed by atoms with E-state index in [2.05, 4.69) is 17.2 Å². The zero-order valence-corrected chi connectivity index (χ0v) is 12.7. The highest BCUT2D eigenvalue weighted by Gasteiger charge is 2.15. The van der Waals surface area contributed by atoms with E-state index in [1.165, 1.54) is 12.1 Å². The van der Waals surface area contributed by atoms with Crippen LogP contribution in [0.1, 0.15) is 36.7 Å². The molecule has 0 aliphatic rings. The number of aromatic carboxylic acids is 1. The van der Waals surface area contributed by atoms with Gasteiger partial charge in [0, 0.05) is 10.6 Å². The predicted molar refractivity (Wildman–Crippen MR) is 79.5 cm³/mol. The van der Waals surface area contributed by atoms with E-state index in [1.807, 2.05) is 0 Å². The van der Waals surface area contributed by atoms with E-state index in [0.29, 0.717) is 10.6 Å². The fourth-order valence-electron chi connectivity index (χ4n) is 1.37. The summed E-state index contributed by atoms with van der Waals surface area (Å²) in [5.41, 5.74) is -0.227. The molecule has 1 amide bonds. The van der Waals surface area contributed by atoms with E-state index in [4.69, 9.17) is 21.4 Å². The van der Waals surface area contributed by atoms with Crippen molar-refractivity contribution < 1.29 is 19.4 Å². The van der Waals surface area contributed by atoms with Gasteiger partial charge in [0.15, 0.2) is 0 Å². The molecular weight excluding hydrogens is 294 g/mol. The lowest BCUT2D eigenvalue weighted by molar-refractivity contribution is 0.0534. The van der Waals surface area contributed by atoms with Gasteiger partial charge in [-0.15, -0.1) is 0 Å². The quantitative estimate of drug-likeness (QED) is 0.824. The number of hydrogen-bond acceptors (Lipinski definition) is 3. The molecule has 0 aromatic heterocycles. The first kappa shape index (κ1) is 16.9. The van der Waals surface area contributed by atoms with Crippen molar-refractivity contribution in [1.82, 2.24) is 5.32 Å². The lowest BCUT2D eigenvalue weighted by Gasteiger charge is -2.19. The summed E-state index contributed by atoms with van der Waals surface area (Å²) < 4.78 is 5.04. The summed E-state index contributed by atoms with van der Waals surface area (Å²) in [4.78, 5) is 22.4. The van der Waals surface area contributed by atoms with Crippen LogP contribution in [0.4, 0.5) is 4.79 Å². The van der Waals surface area contributed by atoms with Crippen molar-refractivity contribution in [3.63, 3.8) is 0 Å². The Hall–Kier alpha value is -2.19. The summed E-state index contributed by atoms with van der Waals surface area (Å²) in [6.07, 6.45) is -0.577. The van der Waals surface area contributed by atoms with Crippen molar-refractivity contribution in [2.75, 3.05) is 6.54 Å². The Morgan fingerprint density at radius 1 is 1.38 bits per heavy atom. The van der Waals surface area contributed by atoms with Crippen LogP contribution in [-0.4, -0.2) is 29.3 Å². The first-order valence-electron chi connectivity index (χ1n) is 6.17. The Balaban J connectivity index is 2.68. The molecule has 1 aromatic carbocycles. The van der Waals surface area contributed by atoms with E-state index >= 15 is 0 Å². The normalized spacial score (nSPS) is 10.3. The van der Waals surface area contributed by atoms with Gasteiger partial charge in [-0.1, -0.05) is 23.4 Å². The summed E-state index contributed by atoms with van der Waals surface area (Å²) in [5.74, 6) is 4.24. The average Bonchev–Trinajstić information content (AvgIpc) is 2.33. The Bertz CT molecular complexity index is 608. The predicted octanol–water partition coefficient (Wildman–Crippen LogP) is 2.91. The summed E-state index contributed by atoms with van der Waals surface area (Å²) in [5, 5.41) is 11.8. The van der Waals surface area contributed by atoms with Crippen LogP contribution >= 0.6 is 11.6 Å². The Labute approximate surface area is 128 Å². The van der Waals surface area contributed by atoms with Crippen LogP contribution in [0.25, 0.3) is 0 Å². The van der Waals surface area contributed by atoms with Gasteiger partial charge in [-0.25, -0.2) is 9.59 Å². The van der Waals surface area contributed by atoms with Gasteiger partial charge in [0.05, 0.1) is 12.1 Å². The topological polar surface area (TPSA) is 75.6 Å². The van der Waals surface area contributed by atoms with Crippen molar-refractivity contribution in [1.29, 1.82) is 0 Å². The molecule has 0 fully saturated rings. The minimum Gasteiger partial charge on any atom is -0.478 e. The maximum atomic E-state index is 11.4. The zero-order chi connectivity index (χ0) is 16.0. The Morgan fingerprint density at radius 3 is 2.62 bits per heavy atom. The van der Waals surface area contributed by atoms with Gasteiger partial charge in [-0.3, -0.25) is 0 Å². The Kier molecular flexibility index (Phi) is 5.62. The van der Waals surface area contributed by atoms with Gasteiger partial charge in [-0.2, -0.15) is 0 Å². The van der Waals surface area contributed by atoms with Gasteiger partial charge >= 0.3 is 12.1 Å². The van der Waals surface area contributed by atoms with E-state index in [9.17, 15) is 9.59 Å². The highest BCUT2D eigenvalue weighted by atomic mass is 35.5. The number of benzene rings is 1. The van der Waals surface area contributed by atoms with Crippen molar-refractivity contribution >= 4 is 23.7 Å². The van der Waals surface area contributed by atoms with E-state index in [1.54, 1.807) is 26.8 Å². The van der Waals surface area contributed by atoms with Gasteiger partial charge < -0.3 is 15.2 Å². The number of nitrogens with one attached hydrogen (secondary N) is 1. The highest BCUT2D eigenvalue weighted by Crippen LogP contribution is 2.15. The van der Waals surface area contributed by atoms with E-state index < -0.39 is 17.7 Å². The van der Waals surface area contributed by atoms with Crippen LogP contribution in [0.5, 0.6) is 0 Å². The number of carboxylic acids is 1. The highest BCUT2D eigenvalue weighted by molar-refractivity contribution is 6.31. The SMILES string of the molecule is CC(C)(C)OC(=O)NCC#Cc1ccc(Cl)cc1C(=O)O. The first-order valence-corrected chi connectivity index (χ1v) is 6.55. The fourth-order valence-corrected chi connectivity index (χ4v) is 1.54. The summed E-state index contributed by atoms with van der Waals surface area (Å²) in [7, 11) is 0. The maximum Gasteiger partial charge on any atom is 0.408 e. The van der Waals surface area contributed by atoms with Crippen molar-refractivity contribution in [2.24, 2.45) is 0 Å². The molecule has 112 valence electrons. The third kappa shape index (κ3) is 6.19. The van der Waals surface area contributed by atoms with Crippen LogP contribution in [0.15, 0.2) is 18.2 Å². The number of carboxylic acid groups (broad SMARTS) is 1. The van der Waals surface area contributed by atoms with Crippen LogP contribution < -0.4 is 5.32 Å². The summed E-state index contributed by atoms with van der Waals surface area (Å²) in [6, 6.07) is 4.40. The summed E-state index contributed by atoms with van der Waals surface area (Å²) in [6.45, 7) is 5.32. The van der Waals surface area contributed by atoms with Crippen LogP contribution in [0, 0.1) is 11.8 Å². The molecule has 0 saturated carbocycles. The molecule has 0 saturated heterocycles. The molecule has 0 aliphatic carbocycles. The number of carbonyl (C=O) groups excluding carboxylic acids is 1. The van der Waals surface area contributed by atoms with Gasteiger partial charge in [0.25, 0.3) is 0 Å². The molecular formula is C15H16ClNO4.